The van der Waals surface area contributed by atoms with Gasteiger partial charge in [-0.25, -0.2) is 0 Å². The Hall–Kier alpha value is -2.27. The summed E-state index contributed by atoms with van der Waals surface area (Å²) in [4.78, 5) is 11.3. The van der Waals surface area contributed by atoms with Gasteiger partial charge in [0.15, 0.2) is 5.75 Å². The van der Waals surface area contributed by atoms with Gasteiger partial charge in [-0.3, -0.25) is 4.79 Å². The number of aromatic nitrogens is 1. The zero-order valence-corrected chi connectivity index (χ0v) is 14.4. The molecular weight excluding hydrogens is 304 g/mol. The number of ether oxygens (including phenoxy) is 1. The van der Waals surface area contributed by atoms with Crippen molar-refractivity contribution in [1.29, 1.82) is 0 Å². The van der Waals surface area contributed by atoms with Crippen LogP contribution in [0.3, 0.4) is 0 Å². The van der Waals surface area contributed by atoms with Gasteiger partial charge in [0, 0.05) is 30.9 Å². The minimum absolute atomic E-state index is 0.143. The molecule has 2 rings (SSSR count). The zero-order chi connectivity index (χ0) is 17.4. The molecule has 5 heteroatoms. The highest BCUT2D eigenvalue weighted by molar-refractivity contribution is 5.32. The lowest BCUT2D eigenvalue weighted by Gasteiger charge is -2.12. The second kappa shape index (κ2) is 9.13. The molecule has 1 heterocycles. The maximum Gasteiger partial charge on any atom is 0.223 e. The van der Waals surface area contributed by atoms with E-state index >= 15 is 0 Å². The van der Waals surface area contributed by atoms with Gasteiger partial charge < -0.3 is 19.7 Å². The lowest BCUT2D eigenvalue weighted by molar-refractivity contribution is 0.407. The van der Waals surface area contributed by atoms with Crippen LogP contribution in [-0.4, -0.2) is 23.3 Å². The molecule has 0 amide bonds. The Morgan fingerprint density at radius 2 is 1.96 bits per heavy atom. The van der Waals surface area contributed by atoms with E-state index in [4.69, 9.17) is 4.74 Å². The number of aromatic hydroxyl groups is 1. The first kappa shape index (κ1) is 18.1. The molecule has 0 saturated carbocycles. The first-order chi connectivity index (χ1) is 11.6. The van der Waals surface area contributed by atoms with Crippen LogP contribution in [0, 0.1) is 6.92 Å². The van der Waals surface area contributed by atoms with Crippen LogP contribution < -0.4 is 15.5 Å². The van der Waals surface area contributed by atoms with Crippen molar-refractivity contribution >= 4 is 0 Å². The Balaban J connectivity index is 1.65. The molecule has 0 aliphatic carbocycles. The maximum atomic E-state index is 11.3. The number of unbranched alkanes of at least 4 members (excludes halogenated alkanes) is 2. The molecule has 2 N–H and O–H groups in total. The molecule has 1 aromatic carbocycles. The highest BCUT2D eigenvalue weighted by Gasteiger charge is 2.04. The summed E-state index contributed by atoms with van der Waals surface area (Å²) in [6.07, 6.45) is 4.93. The van der Waals surface area contributed by atoms with Gasteiger partial charge in [0.25, 0.3) is 0 Å². The van der Waals surface area contributed by atoms with Crippen LogP contribution in [0.15, 0.2) is 41.3 Å². The summed E-state index contributed by atoms with van der Waals surface area (Å²) < 4.78 is 7.26. The van der Waals surface area contributed by atoms with Crippen LogP contribution >= 0.6 is 0 Å². The van der Waals surface area contributed by atoms with Gasteiger partial charge in [0.1, 0.15) is 5.75 Å². The second-order valence-corrected chi connectivity index (χ2v) is 5.86. The van der Waals surface area contributed by atoms with Crippen LogP contribution in [0.4, 0.5) is 0 Å². The summed E-state index contributed by atoms with van der Waals surface area (Å²) in [5.74, 6) is 0.773. The van der Waals surface area contributed by atoms with Gasteiger partial charge in [0.2, 0.25) is 5.43 Å². The lowest BCUT2D eigenvalue weighted by atomic mass is 10.2. The first-order valence-corrected chi connectivity index (χ1v) is 8.35. The average Bonchev–Trinajstić information content (AvgIpc) is 2.61. The minimum Gasteiger partial charge on any atom is -0.503 e. The van der Waals surface area contributed by atoms with E-state index in [0.29, 0.717) is 5.69 Å². The van der Waals surface area contributed by atoms with Crippen molar-refractivity contribution in [3.8, 4) is 11.5 Å². The Kier molecular flexibility index (Phi) is 6.88. The number of rotatable bonds is 9. The van der Waals surface area contributed by atoms with E-state index < -0.39 is 0 Å². The second-order valence-electron chi connectivity index (χ2n) is 5.86. The Morgan fingerprint density at radius 3 is 2.75 bits per heavy atom. The zero-order valence-electron chi connectivity index (χ0n) is 14.4. The maximum absolute atomic E-state index is 11.3. The smallest absolute Gasteiger partial charge is 0.223 e. The van der Waals surface area contributed by atoms with Gasteiger partial charge in [-0.15, -0.1) is 0 Å². The first-order valence-electron chi connectivity index (χ1n) is 8.35. The number of nitrogens with zero attached hydrogens (tertiary/aromatic N) is 1. The summed E-state index contributed by atoms with van der Waals surface area (Å²) in [6, 6.07) is 9.44. The largest absolute Gasteiger partial charge is 0.503 e. The number of hydrogen-bond acceptors (Lipinski definition) is 4. The van der Waals surface area contributed by atoms with E-state index in [0.717, 1.165) is 44.6 Å². The number of aryl methyl sites for hydroxylation is 1. The van der Waals surface area contributed by atoms with Gasteiger partial charge in [-0.05, 0) is 32.4 Å². The van der Waals surface area contributed by atoms with Crippen molar-refractivity contribution in [2.24, 2.45) is 0 Å². The fourth-order valence-electron chi connectivity index (χ4n) is 2.69. The molecule has 1 aromatic heterocycles. The molecule has 0 aliphatic heterocycles. The van der Waals surface area contributed by atoms with Crippen molar-refractivity contribution in [3.63, 3.8) is 0 Å². The molecule has 0 unspecified atom stereocenters. The van der Waals surface area contributed by atoms with E-state index in [9.17, 15) is 9.90 Å². The summed E-state index contributed by atoms with van der Waals surface area (Å²) in [5.41, 5.74) is 1.49. The molecule has 130 valence electrons. The summed E-state index contributed by atoms with van der Waals surface area (Å²) in [5, 5.41) is 13.1. The molecular formula is C19H26N2O3. The van der Waals surface area contributed by atoms with Crippen LogP contribution in [-0.2, 0) is 13.1 Å². The Labute approximate surface area is 142 Å². The van der Waals surface area contributed by atoms with E-state index in [1.54, 1.807) is 20.2 Å². The predicted octanol–water partition coefficient (Wildman–Crippen LogP) is 2.83. The highest BCUT2D eigenvalue weighted by atomic mass is 16.5. The van der Waals surface area contributed by atoms with Gasteiger partial charge in [-0.2, -0.15) is 0 Å². The normalized spacial score (nSPS) is 10.8. The number of benzene rings is 1. The number of pyridine rings is 1. The fraction of sp³-hybridized carbons (Fsp3) is 0.421. The highest BCUT2D eigenvalue weighted by Crippen LogP contribution is 2.16. The lowest BCUT2D eigenvalue weighted by Crippen LogP contribution is -2.15. The van der Waals surface area contributed by atoms with Crippen LogP contribution in [0.2, 0.25) is 0 Å². The van der Waals surface area contributed by atoms with Crippen molar-refractivity contribution in [2.75, 3.05) is 13.7 Å². The monoisotopic (exact) mass is 330 g/mol. The van der Waals surface area contributed by atoms with Crippen LogP contribution in [0.5, 0.6) is 11.5 Å². The van der Waals surface area contributed by atoms with Crippen LogP contribution in [0.25, 0.3) is 0 Å². The third-order valence-electron chi connectivity index (χ3n) is 4.17. The number of nitrogens with one attached hydrogen (secondary N) is 1. The standard InChI is InChI=1S/C19H26N2O3/c1-15-19(23)17(22)10-13-21(15)12-7-3-6-11-20-14-16-8-4-5-9-18(16)24-2/h4-5,8-10,13,20,23H,3,6-7,11-12,14H2,1-2H3. The van der Waals surface area contributed by atoms with E-state index in [1.807, 2.05) is 22.8 Å². The topological polar surface area (TPSA) is 63.5 Å². The third kappa shape index (κ3) is 4.86. The molecule has 24 heavy (non-hydrogen) atoms. The van der Waals surface area contributed by atoms with Crippen molar-refractivity contribution in [2.45, 2.75) is 39.3 Å². The Morgan fingerprint density at radius 1 is 1.17 bits per heavy atom. The summed E-state index contributed by atoms with van der Waals surface area (Å²) >= 11 is 0. The van der Waals surface area contributed by atoms with E-state index in [1.165, 1.54) is 11.6 Å². The van der Waals surface area contributed by atoms with E-state index in [2.05, 4.69) is 11.4 Å². The van der Waals surface area contributed by atoms with Gasteiger partial charge >= 0.3 is 0 Å². The van der Waals surface area contributed by atoms with E-state index in [-0.39, 0.29) is 11.2 Å². The molecule has 0 saturated heterocycles. The van der Waals surface area contributed by atoms with Crippen molar-refractivity contribution in [3.05, 3.63) is 58.0 Å². The molecule has 0 spiro atoms. The molecule has 0 aliphatic rings. The SMILES string of the molecule is COc1ccccc1CNCCCCCn1ccc(=O)c(O)c1C. The Bertz CT molecular complexity index is 710. The molecule has 5 nitrogen and oxygen atoms in total. The van der Waals surface area contributed by atoms with Crippen LogP contribution in [0.1, 0.15) is 30.5 Å². The third-order valence-corrected chi connectivity index (χ3v) is 4.17. The van der Waals surface area contributed by atoms with Crippen molar-refractivity contribution < 1.29 is 9.84 Å². The summed E-state index contributed by atoms with van der Waals surface area (Å²) in [6.45, 7) is 4.33. The predicted molar refractivity (Wildman–Crippen MR) is 95.7 cm³/mol. The quantitative estimate of drug-likeness (QED) is 0.694. The molecule has 2 aromatic rings. The van der Waals surface area contributed by atoms with Gasteiger partial charge in [0.05, 0.1) is 12.8 Å². The fourth-order valence-corrected chi connectivity index (χ4v) is 2.69. The van der Waals surface area contributed by atoms with Gasteiger partial charge in [-0.1, -0.05) is 24.6 Å². The number of para-hydroxylation sites is 1. The molecule has 0 bridgehead atoms. The molecule has 0 fully saturated rings. The van der Waals surface area contributed by atoms with Crippen molar-refractivity contribution in [1.82, 2.24) is 9.88 Å². The minimum atomic E-state index is -0.315. The molecule has 0 radical (unpaired) electrons. The number of hydrogen-bond donors (Lipinski definition) is 2. The average molecular weight is 330 g/mol. The summed E-state index contributed by atoms with van der Waals surface area (Å²) in [7, 11) is 1.69. The number of methoxy groups -OCH3 is 1. The molecule has 0 atom stereocenters.